The molecule has 0 aliphatic heterocycles. The van der Waals surface area contributed by atoms with Crippen molar-refractivity contribution in [3.8, 4) is 6.07 Å². The van der Waals surface area contributed by atoms with E-state index in [-0.39, 0.29) is 29.3 Å². The molecule has 1 saturated carbocycles. The van der Waals surface area contributed by atoms with Crippen molar-refractivity contribution >= 4 is 23.2 Å². The van der Waals surface area contributed by atoms with E-state index >= 15 is 0 Å². The number of nitriles is 1. The lowest BCUT2D eigenvalue weighted by atomic mass is 9.82. The van der Waals surface area contributed by atoms with E-state index in [1.165, 1.54) is 19.4 Å². The van der Waals surface area contributed by atoms with Gasteiger partial charge in [-0.05, 0) is 12.8 Å². The van der Waals surface area contributed by atoms with Crippen molar-refractivity contribution in [2.24, 2.45) is 5.92 Å². The van der Waals surface area contributed by atoms with E-state index < -0.39 is 0 Å². The topological polar surface area (TPSA) is 149 Å². The summed E-state index contributed by atoms with van der Waals surface area (Å²) in [4.78, 5) is 20.0. The molecular formula is C16H18N8O2. The number of aliphatic hydroxyl groups is 1. The Labute approximate surface area is 149 Å². The van der Waals surface area contributed by atoms with Crippen molar-refractivity contribution < 1.29 is 9.90 Å². The van der Waals surface area contributed by atoms with Gasteiger partial charge < -0.3 is 21.1 Å². The number of nitrogens with one attached hydrogen (secondary N) is 3. The summed E-state index contributed by atoms with van der Waals surface area (Å²) in [6, 6.07) is 3.53. The summed E-state index contributed by atoms with van der Waals surface area (Å²) in [6.07, 6.45) is 4.17. The normalized spacial score (nSPS) is 18.3. The first-order valence-corrected chi connectivity index (χ1v) is 8.11. The van der Waals surface area contributed by atoms with Crippen molar-refractivity contribution in [3.63, 3.8) is 0 Å². The summed E-state index contributed by atoms with van der Waals surface area (Å²) in [7, 11) is 1.52. The van der Waals surface area contributed by atoms with Crippen molar-refractivity contribution in [2.45, 2.75) is 18.9 Å². The largest absolute Gasteiger partial charge is 0.393 e. The molecule has 1 fully saturated rings. The summed E-state index contributed by atoms with van der Waals surface area (Å²) in [6.45, 7) is 0.535. The Bertz CT molecular complexity index is 833. The number of carbonyl (C=O) groups excluding carboxylic acids is 1. The van der Waals surface area contributed by atoms with Gasteiger partial charge in [0.05, 0.1) is 24.2 Å². The first kappa shape index (κ1) is 17.5. The first-order chi connectivity index (χ1) is 12.6. The maximum Gasteiger partial charge on any atom is 0.273 e. The maximum absolute atomic E-state index is 12.0. The van der Waals surface area contributed by atoms with Crippen molar-refractivity contribution in [2.75, 3.05) is 24.2 Å². The molecule has 2 aromatic rings. The third kappa shape index (κ3) is 3.84. The van der Waals surface area contributed by atoms with E-state index in [4.69, 9.17) is 5.26 Å². The Hall–Kier alpha value is -3.32. The Morgan fingerprint density at radius 2 is 2.15 bits per heavy atom. The lowest BCUT2D eigenvalue weighted by Gasteiger charge is -2.32. The SMILES string of the molecule is CNC(=O)c1nnc(Nc2cnc(C#N)cn2)cc1NCC1CCC1O. The fourth-order valence-corrected chi connectivity index (χ4v) is 2.49. The average molecular weight is 354 g/mol. The van der Waals surface area contributed by atoms with Gasteiger partial charge in [-0.15, -0.1) is 10.2 Å². The monoisotopic (exact) mass is 354 g/mol. The third-order valence-corrected chi connectivity index (χ3v) is 4.19. The molecule has 1 aliphatic rings. The lowest BCUT2D eigenvalue weighted by molar-refractivity contribution is 0.0314. The summed E-state index contributed by atoms with van der Waals surface area (Å²) in [5.74, 6) is 0.556. The molecule has 2 aromatic heterocycles. The zero-order chi connectivity index (χ0) is 18.5. The van der Waals surface area contributed by atoms with E-state index in [0.717, 1.165) is 12.8 Å². The van der Waals surface area contributed by atoms with Crippen LogP contribution in [0.15, 0.2) is 18.5 Å². The zero-order valence-electron chi connectivity index (χ0n) is 14.1. The molecule has 3 rings (SSSR count). The van der Waals surface area contributed by atoms with Crippen LogP contribution in [0.4, 0.5) is 17.3 Å². The molecule has 1 aliphatic carbocycles. The molecule has 2 heterocycles. The number of hydrogen-bond donors (Lipinski definition) is 4. The fraction of sp³-hybridized carbons (Fsp3) is 0.375. The van der Waals surface area contributed by atoms with Gasteiger partial charge in [0.1, 0.15) is 11.9 Å². The molecule has 26 heavy (non-hydrogen) atoms. The van der Waals surface area contributed by atoms with Crippen molar-refractivity contribution in [1.82, 2.24) is 25.5 Å². The molecule has 1 amide bonds. The number of anilines is 3. The Kier molecular flexibility index (Phi) is 5.19. The predicted octanol–water partition coefficient (Wildman–Crippen LogP) is 0.424. The van der Waals surface area contributed by atoms with Gasteiger partial charge in [-0.1, -0.05) is 0 Å². The minimum absolute atomic E-state index is 0.154. The second-order valence-corrected chi connectivity index (χ2v) is 5.88. The number of rotatable bonds is 6. The number of amides is 1. The summed E-state index contributed by atoms with van der Waals surface area (Å²) in [5, 5.41) is 35.0. The third-order valence-electron chi connectivity index (χ3n) is 4.19. The minimum atomic E-state index is -0.362. The summed E-state index contributed by atoms with van der Waals surface area (Å²) < 4.78 is 0. The van der Waals surface area contributed by atoms with Gasteiger partial charge in [0, 0.05) is 25.6 Å². The van der Waals surface area contributed by atoms with Gasteiger partial charge in [0.15, 0.2) is 17.2 Å². The molecule has 0 bridgehead atoms. The molecular weight excluding hydrogens is 336 g/mol. The Morgan fingerprint density at radius 1 is 1.31 bits per heavy atom. The van der Waals surface area contributed by atoms with Crippen LogP contribution in [0.25, 0.3) is 0 Å². The Morgan fingerprint density at radius 3 is 2.73 bits per heavy atom. The van der Waals surface area contributed by atoms with Crippen LogP contribution in [0.2, 0.25) is 0 Å². The highest BCUT2D eigenvalue weighted by Gasteiger charge is 2.28. The summed E-state index contributed by atoms with van der Waals surface area (Å²) in [5.41, 5.74) is 0.873. The van der Waals surface area contributed by atoms with Gasteiger partial charge in [-0.3, -0.25) is 4.79 Å². The molecule has 2 unspecified atom stereocenters. The van der Waals surface area contributed by atoms with Crippen LogP contribution in [-0.4, -0.2) is 50.9 Å². The van der Waals surface area contributed by atoms with E-state index in [9.17, 15) is 9.90 Å². The molecule has 10 nitrogen and oxygen atoms in total. The minimum Gasteiger partial charge on any atom is -0.393 e. The van der Waals surface area contributed by atoms with Crippen LogP contribution in [0.1, 0.15) is 29.0 Å². The van der Waals surface area contributed by atoms with E-state index in [2.05, 4.69) is 36.1 Å². The van der Waals surface area contributed by atoms with E-state index in [0.29, 0.717) is 23.9 Å². The molecule has 10 heteroatoms. The van der Waals surface area contributed by atoms with Crippen LogP contribution < -0.4 is 16.0 Å². The van der Waals surface area contributed by atoms with Crippen LogP contribution in [0.3, 0.4) is 0 Å². The van der Waals surface area contributed by atoms with E-state index in [1.807, 2.05) is 6.07 Å². The zero-order valence-corrected chi connectivity index (χ0v) is 14.1. The van der Waals surface area contributed by atoms with Crippen LogP contribution in [-0.2, 0) is 0 Å². The van der Waals surface area contributed by atoms with Crippen LogP contribution in [0.5, 0.6) is 0 Å². The molecule has 0 spiro atoms. The Balaban J connectivity index is 1.78. The van der Waals surface area contributed by atoms with Gasteiger partial charge in [0.2, 0.25) is 0 Å². The quantitative estimate of drug-likeness (QED) is 0.579. The van der Waals surface area contributed by atoms with Crippen LogP contribution in [0, 0.1) is 17.2 Å². The van der Waals surface area contributed by atoms with Crippen molar-refractivity contribution in [1.29, 1.82) is 5.26 Å². The first-order valence-electron chi connectivity index (χ1n) is 8.11. The highest BCUT2D eigenvalue weighted by molar-refractivity contribution is 5.97. The molecule has 0 radical (unpaired) electrons. The van der Waals surface area contributed by atoms with Gasteiger partial charge in [-0.2, -0.15) is 5.26 Å². The van der Waals surface area contributed by atoms with E-state index in [1.54, 1.807) is 6.07 Å². The second kappa shape index (κ2) is 7.71. The summed E-state index contributed by atoms with van der Waals surface area (Å²) >= 11 is 0. The smallest absolute Gasteiger partial charge is 0.273 e. The molecule has 4 N–H and O–H groups in total. The second-order valence-electron chi connectivity index (χ2n) is 5.88. The average Bonchev–Trinajstić information content (AvgIpc) is 2.67. The number of aromatic nitrogens is 4. The van der Waals surface area contributed by atoms with Gasteiger partial charge in [0.25, 0.3) is 5.91 Å². The van der Waals surface area contributed by atoms with Gasteiger partial charge >= 0.3 is 0 Å². The highest BCUT2D eigenvalue weighted by Crippen LogP contribution is 2.28. The van der Waals surface area contributed by atoms with Crippen molar-refractivity contribution in [3.05, 3.63) is 29.8 Å². The standard InChI is InChI=1S/C16H18N8O2/c1-18-16(26)15-11(20-6-9-2-3-12(9)25)4-13(23-24-15)22-14-8-19-10(5-17)7-21-14/h4,7-9,12,25H,2-3,6H2,1H3,(H,18,26)(H2,20,21,22,23). The molecule has 0 saturated heterocycles. The fourth-order valence-electron chi connectivity index (χ4n) is 2.49. The predicted molar refractivity (Wildman–Crippen MR) is 92.7 cm³/mol. The lowest BCUT2D eigenvalue weighted by Crippen LogP contribution is -2.36. The molecule has 0 aromatic carbocycles. The number of carbonyl (C=O) groups is 1. The molecule has 2 atom stereocenters. The van der Waals surface area contributed by atoms with Crippen LogP contribution >= 0.6 is 0 Å². The van der Waals surface area contributed by atoms with Gasteiger partial charge in [-0.25, -0.2) is 9.97 Å². The number of aliphatic hydroxyl groups excluding tert-OH is 1. The number of hydrogen-bond acceptors (Lipinski definition) is 9. The highest BCUT2D eigenvalue weighted by atomic mass is 16.3. The maximum atomic E-state index is 12.0. The molecule has 134 valence electrons. The number of nitrogens with zero attached hydrogens (tertiary/aromatic N) is 5.